The molecule has 0 amide bonds. The highest BCUT2D eigenvalue weighted by molar-refractivity contribution is 9.10. The molecule has 0 saturated carbocycles. The number of nitrogens with zero attached hydrogens (tertiary/aromatic N) is 1. The third kappa shape index (κ3) is 2.19. The summed E-state index contributed by atoms with van der Waals surface area (Å²) >= 11 is 3.47. The largest absolute Gasteiger partial charge is 0.397 e. The zero-order valence-electron chi connectivity index (χ0n) is 10.7. The van der Waals surface area contributed by atoms with Gasteiger partial charge in [-0.2, -0.15) is 0 Å². The van der Waals surface area contributed by atoms with Crippen LogP contribution in [0.4, 0.5) is 11.5 Å². The minimum Gasteiger partial charge on any atom is -0.397 e. The second-order valence-electron chi connectivity index (χ2n) is 4.55. The van der Waals surface area contributed by atoms with E-state index in [1.165, 1.54) is 0 Å². The van der Waals surface area contributed by atoms with Crippen LogP contribution in [-0.4, -0.2) is 23.2 Å². The van der Waals surface area contributed by atoms with Crippen LogP contribution < -0.4 is 11.1 Å². The van der Waals surface area contributed by atoms with Gasteiger partial charge >= 0.3 is 0 Å². The summed E-state index contributed by atoms with van der Waals surface area (Å²) in [6.07, 6.45) is 0. The van der Waals surface area contributed by atoms with E-state index in [0.717, 1.165) is 32.0 Å². The Balaban J connectivity index is 2.38. The molecule has 0 fully saturated rings. The number of aliphatic hydroxyl groups is 1. The average Bonchev–Trinajstić information content (AvgIpc) is 2.45. The Hall–Kier alpha value is -1.85. The number of halogens is 1. The number of nitrogens with one attached hydrogen (secondary N) is 1. The van der Waals surface area contributed by atoms with Crippen LogP contribution in [-0.2, 0) is 0 Å². The summed E-state index contributed by atoms with van der Waals surface area (Å²) in [5.74, 6) is 0.746. The van der Waals surface area contributed by atoms with E-state index >= 15 is 0 Å². The first-order valence-electron chi connectivity index (χ1n) is 6.33. The van der Waals surface area contributed by atoms with Crippen LogP contribution in [0.5, 0.6) is 0 Å². The van der Waals surface area contributed by atoms with Crippen molar-refractivity contribution >= 4 is 49.1 Å². The molecule has 4 nitrogen and oxygen atoms in total. The van der Waals surface area contributed by atoms with Gasteiger partial charge in [0.1, 0.15) is 5.82 Å². The summed E-state index contributed by atoms with van der Waals surface area (Å²) in [6.45, 7) is 0.517. The van der Waals surface area contributed by atoms with Crippen molar-refractivity contribution in [3.8, 4) is 0 Å². The lowest BCUT2D eigenvalue weighted by Crippen LogP contribution is -2.08. The Kier molecular flexibility index (Phi) is 3.46. The number of rotatable bonds is 3. The van der Waals surface area contributed by atoms with Crippen LogP contribution >= 0.6 is 15.9 Å². The molecule has 0 radical (unpaired) electrons. The molecule has 0 aliphatic heterocycles. The van der Waals surface area contributed by atoms with Crippen molar-refractivity contribution in [2.45, 2.75) is 0 Å². The number of aliphatic hydroxyl groups excluding tert-OH is 1. The molecule has 0 bridgehead atoms. The second-order valence-corrected chi connectivity index (χ2v) is 5.46. The van der Waals surface area contributed by atoms with Crippen molar-refractivity contribution in [1.29, 1.82) is 0 Å². The fraction of sp³-hybridized carbons (Fsp3) is 0.133. The number of nitrogen functional groups attached to an aromatic ring is 1. The van der Waals surface area contributed by atoms with Crippen LogP contribution in [0.1, 0.15) is 0 Å². The zero-order valence-corrected chi connectivity index (χ0v) is 12.3. The molecule has 0 atom stereocenters. The molecule has 0 aliphatic rings. The van der Waals surface area contributed by atoms with Gasteiger partial charge in [0, 0.05) is 21.8 Å². The van der Waals surface area contributed by atoms with E-state index in [9.17, 15) is 0 Å². The standard InChI is InChI=1S/C15H14BrN3O/c16-9-7-12-10-3-1-2-4-11(10)15(18-5-6-20)19-14(12)13(17)8-9/h1-4,7-8,20H,5-6,17H2,(H,18,19). The quantitative estimate of drug-likeness (QED) is 0.509. The van der Waals surface area contributed by atoms with Gasteiger partial charge in [-0.1, -0.05) is 40.2 Å². The average molecular weight is 332 g/mol. The summed E-state index contributed by atoms with van der Waals surface area (Å²) in [5.41, 5.74) is 7.48. The highest BCUT2D eigenvalue weighted by Gasteiger charge is 2.10. The fourth-order valence-corrected chi connectivity index (χ4v) is 2.83. The highest BCUT2D eigenvalue weighted by Crippen LogP contribution is 2.33. The molecule has 0 saturated heterocycles. The first kappa shape index (κ1) is 13.1. The summed E-state index contributed by atoms with van der Waals surface area (Å²) < 4.78 is 0.936. The van der Waals surface area contributed by atoms with Crippen molar-refractivity contribution in [3.63, 3.8) is 0 Å². The Morgan fingerprint density at radius 2 is 1.90 bits per heavy atom. The second kappa shape index (κ2) is 5.26. The minimum atomic E-state index is 0.0594. The predicted octanol–water partition coefficient (Wildman–Crippen LogP) is 3.14. The topological polar surface area (TPSA) is 71.2 Å². The molecule has 102 valence electrons. The van der Waals surface area contributed by atoms with E-state index in [-0.39, 0.29) is 6.61 Å². The number of nitrogens with two attached hydrogens (primary N) is 1. The molecule has 2 aromatic carbocycles. The number of hydrogen-bond donors (Lipinski definition) is 3. The molecule has 5 heteroatoms. The minimum absolute atomic E-state index is 0.0594. The van der Waals surface area contributed by atoms with Crippen molar-refractivity contribution in [2.24, 2.45) is 0 Å². The lowest BCUT2D eigenvalue weighted by Gasteiger charge is -2.12. The summed E-state index contributed by atoms with van der Waals surface area (Å²) in [7, 11) is 0. The number of benzene rings is 2. The van der Waals surface area contributed by atoms with Crippen molar-refractivity contribution in [3.05, 3.63) is 40.9 Å². The van der Waals surface area contributed by atoms with Gasteiger partial charge in [0.15, 0.2) is 0 Å². The Labute approximate surface area is 124 Å². The van der Waals surface area contributed by atoms with E-state index in [2.05, 4.69) is 32.3 Å². The molecule has 0 unspecified atom stereocenters. The van der Waals surface area contributed by atoms with Gasteiger partial charge in [0.05, 0.1) is 17.8 Å². The molecule has 3 rings (SSSR count). The van der Waals surface area contributed by atoms with Crippen LogP contribution in [0.2, 0.25) is 0 Å². The molecule has 3 aromatic rings. The molecular formula is C15H14BrN3O. The van der Waals surface area contributed by atoms with Gasteiger partial charge in [0.25, 0.3) is 0 Å². The van der Waals surface area contributed by atoms with Gasteiger partial charge in [-0.05, 0) is 17.5 Å². The number of hydrogen-bond acceptors (Lipinski definition) is 4. The van der Waals surface area contributed by atoms with Crippen molar-refractivity contribution in [2.75, 3.05) is 24.2 Å². The summed E-state index contributed by atoms with van der Waals surface area (Å²) in [4.78, 5) is 4.61. The Morgan fingerprint density at radius 3 is 2.65 bits per heavy atom. The highest BCUT2D eigenvalue weighted by atomic mass is 79.9. The van der Waals surface area contributed by atoms with Gasteiger partial charge in [-0.3, -0.25) is 0 Å². The maximum absolute atomic E-state index is 8.98. The van der Waals surface area contributed by atoms with E-state index < -0.39 is 0 Å². The van der Waals surface area contributed by atoms with E-state index in [4.69, 9.17) is 10.8 Å². The number of anilines is 2. The van der Waals surface area contributed by atoms with Gasteiger partial charge in [0.2, 0.25) is 0 Å². The number of pyridine rings is 1. The van der Waals surface area contributed by atoms with Gasteiger partial charge in [-0.25, -0.2) is 4.98 Å². The molecular weight excluding hydrogens is 318 g/mol. The maximum Gasteiger partial charge on any atom is 0.134 e. The van der Waals surface area contributed by atoms with Gasteiger partial charge in [-0.15, -0.1) is 0 Å². The first-order valence-corrected chi connectivity index (χ1v) is 7.12. The monoisotopic (exact) mass is 331 g/mol. The third-order valence-corrected chi connectivity index (χ3v) is 3.66. The third-order valence-electron chi connectivity index (χ3n) is 3.20. The number of aromatic nitrogens is 1. The SMILES string of the molecule is Nc1cc(Br)cc2c1nc(NCCO)c1ccccc12. The first-order chi connectivity index (χ1) is 9.70. The van der Waals surface area contributed by atoms with Crippen LogP contribution in [0, 0.1) is 0 Å². The van der Waals surface area contributed by atoms with E-state index in [1.54, 1.807) is 0 Å². The summed E-state index contributed by atoms with van der Waals surface area (Å²) in [5, 5.41) is 15.2. The van der Waals surface area contributed by atoms with E-state index in [1.807, 2.05) is 30.3 Å². The summed E-state index contributed by atoms with van der Waals surface area (Å²) in [6, 6.07) is 11.9. The molecule has 1 aromatic heterocycles. The van der Waals surface area contributed by atoms with Crippen LogP contribution in [0.3, 0.4) is 0 Å². The molecule has 1 heterocycles. The van der Waals surface area contributed by atoms with Crippen molar-refractivity contribution < 1.29 is 5.11 Å². The Bertz CT molecular complexity index is 789. The van der Waals surface area contributed by atoms with Crippen molar-refractivity contribution in [1.82, 2.24) is 4.98 Å². The normalized spacial score (nSPS) is 11.1. The van der Waals surface area contributed by atoms with Gasteiger partial charge < -0.3 is 16.2 Å². The predicted molar refractivity (Wildman–Crippen MR) is 86.9 cm³/mol. The lowest BCUT2D eigenvalue weighted by atomic mass is 10.1. The molecule has 20 heavy (non-hydrogen) atoms. The number of fused-ring (bicyclic) bond motifs is 3. The maximum atomic E-state index is 8.98. The smallest absolute Gasteiger partial charge is 0.134 e. The molecule has 0 spiro atoms. The van der Waals surface area contributed by atoms with Crippen LogP contribution in [0.25, 0.3) is 21.7 Å². The molecule has 4 N–H and O–H groups in total. The fourth-order valence-electron chi connectivity index (χ4n) is 2.36. The van der Waals surface area contributed by atoms with Crippen LogP contribution in [0.15, 0.2) is 40.9 Å². The molecule has 0 aliphatic carbocycles. The van der Waals surface area contributed by atoms with E-state index in [0.29, 0.717) is 12.2 Å². The Morgan fingerprint density at radius 1 is 1.15 bits per heavy atom. The zero-order chi connectivity index (χ0) is 14.1. The lowest BCUT2D eigenvalue weighted by molar-refractivity contribution is 0.311.